The van der Waals surface area contributed by atoms with Crippen molar-refractivity contribution in [3.8, 4) is 5.75 Å². The molecule has 1 aliphatic rings. The highest BCUT2D eigenvalue weighted by Crippen LogP contribution is 2.34. The molecule has 1 aliphatic heterocycles. The van der Waals surface area contributed by atoms with Gasteiger partial charge in [0.1, 0.15) is 5.75 Å². The van der Waals surface area contributed by atoms with Crippen LogP contribution in [0.2, 0.25) is 0 Å². The highest BCUT2D eigenvalue weighted by Gasteiger charge is 2.34. The lowest BCUT2D eigenvalue weighted by atomic mass is 9.82. The molecule has 1 heterocycles. The first-order valence-corrected chi connectivity index (χ1v) is 6.04. The van der Waals surface area contributed by atoms with Gasteiger partial charge in [0.25, 0.3) is 0 Å². The quantitative estimate of drug-likeness (QED) is 0.647. The van der Waals surface area contributed by atoms with Crippen LogP contribution in [0.15, 0.2) is 29.4 Å². The molecule has 0 saturated carbocycles. The summed E-state index contributed by atoms with van der Waals surface area (Å²) >= 11 is 0. The first kappa shape index (κ1) is 12.9. The lowest BCUT2D eigenvalue weighted by molar-refractivity contribution is -0.0189. The van der Waals surface area contributed by atoms with E-state index in [1.54, 1.807) is 7.11 Å². The molecule has 4 heteroatoms. The van der Waals surface area contributed by atoms with E-state index in [1.807, 2.05) is 24.3 Å². The number of hydrogen-bond donors (Lipinski definition) is 1. The van der Waals surface area contributed by atoms with Crippen molar-refractivity contribution in [1.29, 1.82) is 0 Å². The van der Waals surface area contributed by atoms with Gasteiger partial charge in [0.2, 0.25) is 0 Å². The molecule has 0 aliphatic carbocycles. The van der Waals surface area contributed by atoms with E-state index in [2.05, 4.69) is 19.0 Å². The normalized spacial score (nSPS) is 25.1. The maximum absolute atomic E-state index is 9.08. The van der Waals surface area contributed by atoms with Gasteiger partial charge in [-0.05, 0) is 38.0 Å². The second-order valence-electron chi connectivity index (χ2n) is 5.17. The molecule has 0 spiro atoms. The summed E-state index contributed by atoms with van der Waals surface area (Å²) in [6.07, 6.45) is 0.804. The van der Waals surface area contributed by atoms with Crippen LogP contribution in [-0.2, 0) is 4.74 Å². The Kier molecular flexibility index (Phi) is 3.57. The molecule has 0 bridgehead atoms. The molecule has 1 N–H and O–H groups in total. The molecular weight excluding hydrogens is 230 g/mol. The third kappa shape index (κ3) is 2.64. The molecular formula is C14H19NO3. The molecule has 0 unspecified atom stereocenters. The van der Waals surface area contributed by atoms with E-state index in [-0.39, 0.29) is 11.5 Å². The van der Waals surface area contributed by atoms with Crippen LogP contribution in [0.5, 0.6) is 5.75 Å². The standard InChI is InChI=1S/C14H19NO3/c1-14(2)8-12(13(15-16)9-18-14)10-4-6-11(17-3)7-5-10/h4-7,12,16H,8-9H2,1-3H3/b15-13-/t12-/m0/s1. The van der Waals surface area contributed by atoms with Gasteiger partial charge in [0.05, 0.1) is 25.0 Å². The summed E-state index contributed by atoms with van der Waals surface area (Å²) in [5.74, 6) is 0.928. The number of nitrogens with zero attached hydrogens (tertiary/aromatic N) is 1. The zero-order chi connectivity index (χ0) is 13.2. The maximum atomic E-state index is 9.08. The lowest BCUT2D eigenvalue weighted by Crippen LogP contribution is -2.39. The number of benzene rings is 1. The van der Waals surface area contributed by atoms with Crippen molar-refractivity contribution in [2.24, 2.45) is 5.16 Å². The van der Waals surface area contributed by atoms with Gasteiger partial charge in [-0.2, -0.15) is 0 Å². The fraction of sp³-hybridized carbons (Fsp3) is 0.500. The minimum absolute atomic E-state index is 0.102. The lowest BCUT2D eigenvalue weighted by Gasteiger charge is -2.36. The van der Waals surface area contributed by atoms with Crippen molar-refractivity contribution in [3.05, 3.63) is 29.8 Å². The zero-order valence-corrected chi connectivity index (χ0v) is 11.0. The minimum atomic E-state index is -0.196. The van der Waals surface area contributed by atoms with Crippen LogP contribution in [-0.4, -0.2) is 30.2 Å². The summed E-state index contributed by atoms with van der Waals surface area (Å²) in [5, 5.41) is 12.5. The van der Waals surface area contributed by atoms with E-state index in [1.165, 1.54) is 0 Å². The predicted octanol–water partition coefficient (Wildman–Crippen LogP) is 2.81. The van der Waals surface area contributed by atoms with Crippen LogP contribution in [0.3, 0.4) is 0 Å². The van der Waals surface area contributed by atoms with Gasteiger partial charge in [-0.3, -0.25) is 0 Å². The van der Waals surface area contributed by atoms with Gasteiger partial charge in [-0.25, -0.2) is 0 Å². The Labute approximate surface area is 107 Å². The fourth-order valence-electron chi connectivity index (χ4n) is 2.28. The second kappa shape index (κ2) is 4.98. The van der Waals surface area contributed by atoms with E-state index in [9.17, 15) is 0 Å². The van der Waals surface area contributed by atoms with E-state index < -0.39 is 0 Å². The highest BCUT2D eigenvalue weighted by atomic mass is 16.5. The first-order chi connectivity index (χ1) is 8.55. The van der Waals surface area contributed by atoms with Crippen LogP contribution < -0.4 is 4.74 Å². The largest absolute Gasteiger partial charge is 0.497 e. The highest BCUT2D eigenvalue weighted by molar-refractivity contribution is 5.92. The summed E-state index contributed by atoms with van der Waals surface area (Å²) in [6.45, 7) is 4.48. The molecule has 98 valence electrons. The Morgan fingerprint density at radius 3 is 2.56 bits per heavy atom. The summed E-state index contributed by atoms with van der Waals surface area (Å²) in [4.78, 5) is 0. The van der Waals surface area contributed by atoms with E-state index in [0.29, 0.717) is 12.3 Å². The molecule has 1 atom stereocenters. The first-order valence-electron chi connectivity index (χ1n) is 6.04. The van der Waals surface area contributed by atoms with Crippen molar-refractivity contribution in [3.63, 3.8) is 0 Å². The van der Waals surface area contributed by atoms with Crippen LogP contribution in [0, 0.1) is 0 Å². The maximum Gasteiger partial charge on any atom is 0.118 e. The number of ether oxygens (including phenoxy) is 2. The summed E-state index contributed by atoms with van der Waals surface area (Å²) in [7, 11) is 1.65. The summed E-state index contributed by atoms with van der Waals surface area (Å²) in [6, 6.07) is 7.87. The molecule has 0 amide bonds. The molecule has 2 rings (SSSR count). The number of methoxy groups -OCH3 is 1. The average Bonchev–Trinajstić information content (AvgIpc) is 2.38. The van der Waals surface area contributed by atoms with Gasteiger partial charge >= 0.3 is 0 Å². The Bertz CT molecular complexity index is 437. The molecule has 4 nitrogen and oxygen atoms in total. The number of hydrogen-bond acceptors (Lipinski definition) is 4. The molecule has 1 fully saturated rings. The predicted molar refractivity (Wildman–Crippen MR) is 69.6 cm³/mol. The fourth-order valence-corrected chi connectivity index (χ4v) is 2.28. The van der Waals surface area contributed by atoms with Gasteiger partial charge in [0, 0.05) is 5.92 Å². The zero-order valence-electron chi connectivity index (χ0n) is 11.0. The monoisotopic (exact) mass is 249 g/mol. The van der Waals surface area contributed by atoms with Crippen molar-refractivity contribution < 1.29 is 14.7 Å². The topological polar surface area (TPSA) is 51.0 Å². The van der Waals surface area contributed by atoms with Crippen LogP contribution >= 0.6 is 0 Å². The molecule has 1 saturated heterocycles. The Morgan fingerprint density at radius 1 is 1.33 bits per heavy atom. The number of oxime groups is 1. The van der Waals surface area contributed by atoms with E-state index in [4.69, 9.17) is 14.7 Å². The van der Waals surface area contributed by atoms with E-state index in [0.717, 1.165) is 17.7 Å². The van der Waals surface area contributed by atoms with Gasteiger partial charge in [-0.15, -0.1) is 0 Å². The Hall–Kier alpha value is -1.55. The SMILES string of the molecule is COc1ccc([C@@H]2CC(C)(C)OC/C2=N/O)cc1. The third-order valence-corrected chi connectivity index (χ3v) is 3.36. The van der Waals surface area contributed by atoms with Crippen molar-refractivity contribution in [2.75, 3.05) is 13.7 Å². The van der Waals surface area contributed by atoms with E-state index >= 15 is 0 Å². The smallest absolute Gasteiger partial charge is 0.118 e. The summed E-state index contributed by atoms with van der Waals surface area (Å²) < 4.78 is 10.8. The molecule has 0 aromatic heterocycles. The van der Waals surface area contributed by atoms with Crippen molar-refractivity contribution in [2.45, 2.75) is 31.8 Å². The molecule has 18 heavy (non-hydrogen) atoms. The van der Waals surface area contributed by atoms with Gasteiger partial charge in [-0.1, -0.05) is 17.3 Å². The molecule has 1 aromatic carbocycles. The third-order valence-electron chi connectivity index (χ3n) is 3.36. The minimum Gasteiger partial charge on any atom is -0.497 e. The Morgan fingerprint density at radius 2 is 2.00 bits per heavy atom. The van der Waals surface area contributed by atoms with Crippen molar-refractivity contribution in [1.82, 2.24) is 0 Å². The van der Waals surface area contributed by atoms with Crippen molar-refractivity contribution >= 4 is 5.71 Å². The van der Waals surface area contributed by atoms with Crippen LogP contribution in [0.4, 0.5) is 0 Å². The van der Waals surface area contributed by atoms with Gasteiger partial charge < -0.3 is 14.7 Å². The second-order valence-corrected chi connectivity index (χ2v) is 5.17. The Balaban J connectivity index is 2.27. The summed E-state index contributed by atoms with van der Waals surface area (Å²) in [5.41, 5.74) is 1.61. The van der Waals surface area contributed by atoms with Gasteiger partial charge in [0.15, 0.2) is 0 Å². The van der Waals surface area contributed by atoms with Crippen LogP contribution in [0.1, 0.15) is 31.7 Å². The number of rotatable bonds is 2. The molecule has 1 aromatic rings. The van der Waals surface area contributed by atoms with Crippen LogP contribution in [0.25, 0.3) is 0 Å². The average molecular weight is 249 g/mol. The molecule has 0 radical (unpaired) electrons.